The molecule has 180 valence electrons. The molecule has 1 saturated carbocycles. The summed E-state index contributed by atoms with van der Waals surface area (Å²) in [5.41, 5.74) is -1.24. The van der Waals surface area contributed by atoms with Crippen LogP contribution in [0.2, 0.25) is 0 Å². The number of carbonyl (C=O) groups is 3. The lowest BCUT2D eigenvalue weighted by molar-refractivity contribution is -0.192. The number of carboxylic acid groups (broad SMARTS) is 2. The standard InChI is InChI=1S/C18H28N4O3.C2HF3O2/c1-20-11-12-22(13-14(20)15-19-9-10-21(15)2)16(23)18(17(24)25)7-5-3-4-6-8-18;3-2(4,5)1(6)7/h9-10,14H,3-8,11-13H2,1-2H3,(H,24,25);(H,6,7). The minimum Gasteiger partial charge on any atom is -0.480 e. The van der Waals surface area contributed by atoms with Crippen LogP contribution in [0.1, 0.15) is 50.4 Å². The Morgan fingerprint density at radius 2 is 1.62 bits per heavy atom. The van der Waals surface area contributed by atoms with Crippen LogP contribution in [-0.4, -0.2) is 80.3 Å². The van der Waals surface area contributed by atoms with Crippen molar-refractivity contribution < 1.29 is 37.8 Å². The van der Waals surface area contributed by atoms with Crippen LogP contribution in [0.15, 0.2) is 12.4 Å². The van der Waals surface area contributed by atoms with E-state index in [-0.39, 0.29) is 11.9 Å². The van der Waals surface area contributed by atoms with Crippen molar-refractivity contribution in [3.63, 3.8) is 0 Å². The molecule has 0 radical (unpaired) electrons. The van der Waals surface area contributed by atoms with Gasteiger partial charge in [-0.2, -0.15) is 13.2 Å². The highest BCUT2D eigenvalue weighted by molar-refractivity contribution is 6.02. The molecule has 1 amide bonds. The van der Waals surface area contributed by atoms with Gasteiger partial charge in [0.15, 0.2) is 0 Å². The van der Waals surface area contributed by atoms with Crippen molar-refractivity contribution in [1.29, 1.82) is 0 Å². The number of halogens is 3. The number of alkyl halides is 3. The molecule has 12 heteroatoms. The second-order valence-corrected chi connectivity index (χ2v) is 8.25. The molecular formula is C20H29F3N4O5. The first kappa shape index (κ1) is 25.6. The lowest BCUT2D eigenvalue weighted by atomic mass is 9.78. The zero-order chi connectivity index (χ0) is 24.1. The molecule has 0 spiro atoms. The molecule has 1 unspecified atom stereocenters. The Hall–Kier alpha value is -2.63. The maximum Gasteiger partial charge on any atom is 0.490 e. The van der Waals surface area contributed by atoms with Crippen molar-refractivity contribution in [2.75, 3.05) is 26.7 Å². The molecular weight excluding hydrogens is 433 g/mol. The Kier molecular flexibility index (Phi) is 8.27. The monoisotopic (exact) mass is 462 g/mol. The maximum atomic E-state index is 13.3. The summed E-state index contributed by atoms with van der Waals surface area (Å²) < 4.78 is 33.7. The van der Waals surface area contributed by atoms with Gasteiger partial charge in [-0.3, -0.25) is 14.5 Å². The van der Waals surface area contributed by atoms with Gasteiger partial charge in [-0.1, -0.05) is 25.7 Å². The van der Waals surface area contributed by atoms with Crippen LogP contribution < -0.4 is 0 Å². The van der Waals surface area contributed by atoms with Crippen LogP contribution in [-0.2, 0) is 21.4 Å². The van der Waals surface area contributed by atoms with Crippen molar-refractivity contribution in [3.05, 3.63) is 18.2 Å². The average molecular weight is 462 g/mol. The molecule has 0 bridgehead atoms. The Morgan fingerprint density at radius 1 is 1.06 bits per heavy atom. The summed E-state index contributed by atoms with van der Waals surface area (Å²) in [6.07, 6.45) is 3.15. The fourth-order valence-corrected chi connectivity index (χ4v) is 4.19. The Balaban J connectivity index is 0.000000451. The number of piperazine rings is 1. The molecule has 2 heterocycles. The van der Waals surface area contributed by atoms with Gasteiger partial charge < -0.3 is 19.7 Å². The number of likely N-dealkylation sites (N-methyl/N-ethyl adjacent to an activating group) is 1. The van der Waals surface area contributed by atoms with E-state index in [0.717, 1.165) is 38.1 Å². The quantitative estimate of drug-likeness (QED) is 0.523. The van der Waals surface area contributed by atoms with E-state index in [9.17, 15) is 27.9 Å². The number of amides is 1. The first-order valence-electron chi connectivity index (χ1n) is 10.4. The van der Waals surface area contributed by atoms with E-state index in [1.54, 1.807) is 11.1 Å². The number of aryl methyl sites for hydroxylation is 1. The maximum absolute atomic E-state index is 13.3. The van der Waals surface area contributed by atoms with Crippen molar-refractivity contribution in [2.45, 2.75) is 50.7 Å². The number of aromatic nitrogens is 2. The highest BCUT2D eigenvalue weighted by Gasteiger charge is 2.49. The third kappa shape index (κ3) is 5.78. The first-order valence-corrected chi connectivity index (χ1v) is 10.4. The van der Waals surface area contributed by atoms with E-state index in [1.807, 2.05) is 24.9 Å². The molecule has 2 N–H and O–H groups in total. The number of hydrogen-bond acceptors (Lipinski definition) is 5. The average Bonchev–Trinajstić information content (AvgIpc) is 2.98. The number of hydrogen-bond donors (Lipinski definition) is 2. The molecule has 1 aromatic heterocycles. The summed E-state index contributed by atoms with van der Waals surface area (Å²) >= 11 is 0. The summed E-state index contributed by atoms with van der Waals surface area (Å²) in [7, 11) is 3.97. The zero-order valence-electron chi connectivity index (χ0n) is 18.1. The van der Waals surface area contributed by atoms with Crippen LogP contribution in [0, 0.1) is 5.41 Å². The summed E-state index contributed by atoms with van der Waals surface area (Å²) in [6, 6.07) is -0.00526. The largest absolute Gasteiger partial charge is 0.490 e. The molecule has 3 rings (SSSR count). The first-order chi connectivity index (χ1) is 14.9. The van der Waals surface area contributed by atoms with E-state index in [1.165, 1.54) is 0 Å². The smallest absolute Gasteiger partial charge is 0.480 e. The fourth-order valence-electron chi connectivity index (χ4n) is 4.19. The van der Waals surface area contributed by atoms with E-state index in [0.29, 0.717) is 25.9 Å². The lowest BCUT2D eigenvalue weighted by Gasteiger charge is -2.42. The van der Waals surface area contributed by atoms with Crippen LogP contribution in [0.5, 0.6) is 0 Å². The summed E-state index contributed by atoms with van der Waals surface area (Å²) in [6.45, 7) is 1.79. The summed E-state index contributed by atoms with van der Waals surface area (Å²) in [5, 5.41) is 17.0. The van der Waals surface area contributed by atoms with Gasteiger partial charge in [-0.15, -0.1) is 0 Å². The number of carbonyl (C=O) groups excluding carboxylic acids is 1. The van der Waals surface area contributed by atoms with Gasteiger partial charge in [0, 0.05) is 39.1 Å². The minimum absolute atomic E-state index is 0.00526. The summed E-state index contributed by atoms with van der Waals surface area (Å²) in [4.78, 5) is 42.6. The van der Waals surface area contributed by atoms with Crippen molar-refractivity contribution >= 4 is 17.8 Å². The normalized spacial score (nSPS) is 21.8. The SMILES string of the molecule is CN1CCN(C(=O)C2(C(=O)O)CCCCCC2)CC1c1nccn1C.O=C(O)C(F)(F)F. The van der Waals surface area contributed by atoms with E-state index >= 15 is 0 Å². The molecule has 32 heavy (non-hydrogen) atoms. The lowest BCUT2D eigenvalue weighted by Crippen LogP contribution is -2.55. The molecule has 1 aromatic rings. The molecule has 1 saturated heterocycles. The number of carboxylic acids is 2. The molecule has 9 nitrogen and oxygen atoms in total. The third-order valence-corrected chi connectivity index (χ3v) is 6.11. The van der Waals surface area contributed by atoms with E-state index < -0.39 is 23.5 Å². The Morgan fingerprint density at radius 3 is 2.06 bits per heavy atom. The van der Waals surface area contributed by atoms with Gasteiger partial charge in [0.05, 0.1) is 6.04 Å². The topological polar surface area (TPSA) is 116 Å². The number of aliphatic carboxylic acids is 2. The van der Waals surface area contributed by atoms with Gasteiger partial charge in [-0.05, 0) is 19.9 Å². The van der Waals surface area contributed by atoms with Crippen molar-refractivity contribution in [3.8, 4) is 0 Å². The Labute approximate surface area is 183 Å². The van der Waals surface area contributed by atoms with Crippen LogP contribution in [0.25, 0.3) is 0 Å². The molecule has 2 aliphatic rings. The third-order valence-electron chi connectivity index (χ3n) is 6.11. The molecule has 0 aromatic carbocycles. The molecule has 1 atom stereocenters. The predicted octanol–water partition coefficient (Wildman–Crippen LogP) is 2.29. The predicted molar refractivity (Wildman–Crippen MR) is 107 cm³/mol. The van der Waals surface area contributed by atoms with Gasteiger partial charge >= 0.3 is 18.1 Å². The van der Waals surface area contributed by atoms with Crippen LogP contribution in [0.4, 0.5) is 13.2 Å². The molecule has 1 aliphatic heterocycles. The van der Waals surface area contributed by atoms with Crippen LogP contribution >= 0.6 is 0 Å². The highest BCUT2D eigenvalue weighted by Crippen LogP contribution is 2.38. The number of nitrogens with zero attached hydrogens (tertiary/aromatic N) is 4. The van der Waals surface area contributed by atoms with Gasteiger partial charge in [-0.25, -0.2) is 9.78 Å². The van der Waals surface area contributed by atoms with E-state index in [4.69, 9.17) is 9.90 Å². The van der Waals surface area contributed by atoms with Crippen molar-refractivity contribution in [2.24, 2.45) is 12.5 Å². The van der Waals surface area contributed by atoms with E-state index in [2.05, 4.69) is 9.88 Å². The van der Waals surface area contributed by atoms with Crippen LogP contribution in [0.3, 0.4) is 0 Å². The number of imidazole rings is 1. The molecule has 2 fully saturated rings. The second-order valence-electron chi connectivity index (χ2n) is 8.25. The highest BCUT2D eigenvalue weighted by atomic mass is 19.4. The second kappa shape index (κ2) is 10.3. The fraction of sp³-hybridized carbons (Fsp3) is 0.700. The zero-order valence-corrected chi connectivity index (χ0v) is 18.1. The molecule has 1 aliphatic carbocycles. The number of rotatable bonds is 3. The van der Waals surface area contributed by atoms with Gasteiger partial charge in [0.2, 0.25) is 5.91 Å². The summed E-state index contributed by atoms with van der Waals surface area (Å²) in [5.74, 6) is -3.00. The van der Waals surface area contributed by atoms with Gasteiger partial charge in [0.1, 0.15) is 11.2 Å². The van der Waals surface area contributed by atoms with Gasteiger partial charge in [0.25, 0.3) is 0 Å². The Bertz CT molecular complexity index is 818. The van der Waals surface area contributed by atoms with Crippen molar-refractivity contribution in [1.82, 2.24) is 19.4 Å². The minimum atomic E-state index is -5.08.